The van der Waals surface area contributed by atoms with Crippen molar-refractivity contribution in [2.75, 3.05) is 5.32 Å². The van der Waals surface area contributed by atoms with E-state index in [1.54, 1.807) is 24.1 Å². The highest BCUT2D eigenvalue weighted by atomic mass is 19.1. The molecule has 0 bridgehead atoms. The first kappa shape index (κ1) is 14.5. The average Bonchev–Trinajstić information content (AvgIpc) is 2.84. The summed E-state index contributed by atoms with van der Waals surface area (Å²) >= 11 is 0. The van der Waals surface area contributed by atoms with Crippen LogP contribution in [0.1, 0.15) is 15.9 Å². The lowest BCUT2D eigenvalue weighted by Crippen LogP contribution is -2.28. The lowest BCUT2D eigenvalue weighted by Gasteiger charge is -2.08. The first-order chi connectivity index (χ1) is 9.95. The number of benzene rings is 1. The SMILES string of the molecule is Cn1cc(CNC(=O)Nc2ccc(C(=O)O)cc2F)cn1. The largest absolute Gasteiger partial charge is 0.478 e. The first-order valence-electron chi connectivity index (χ1n) is 6.01. The van der Waals surface area contributed by atoms with E-state index in [1.165, 1.54) is 12.1 Å². The van der Waals surface area contributed by atoms with Crippen LogP contribution in [0, 0.1) is 5.82 Å². The number of rotatable bonds is 4. The molecule has 2 aromatic rings. The maximum absolute atomic E-state index is 13.6. The van der Waals surface area contributed by atoms with Crippen LogP contribution in [0.5, 0.6) is 0 Å². The maximum atomic E-state index is 13.6. The number of carboxylic acid groups (broad SMARTS) is 1. The van der Waals surface area contributed by atoms with E-state index in [2.05, 4.69) is 15.7 Å². The van der Waals surface area contributed by atoms with Crippen molar-refractivity contribution in [3.05, 3.63) is 47.5 Å². The van der Waals surface area contributed by atoms with Gasteiger partial charge in [0.1, 0.15) is 5.82 Å². The number of nitrogens with one attached hydrogen (secondary N) is 2. The number of aryl methyl sites for hydroxylation is 1. The molecule has 0 fully saturated rings. The lowest BCUT2D eigenvalue weighted by atomic mass is 10.2. The molecule has 0 unspecified atom stereocenters. The van der Waals surface area contributed by atoms with Crippen LogP contribution in [0.25, 0.3) is 0 Å². The Balaban J connectivity index is 1.94. The Kier molecular flexibility index (Phi) is 4.17. The summed E-state index contributed by atoms with van der Waals surface area (Å²) in [5.41, 5.74) is 0.520. The van der Waals surface area contributed by atoms with Gasteiger partial charge in [0.15, 0.2) is 0 Å². The maximum Gasteiger partial charge on any atom is 0.335 e. The molecular weight excluding hydrogens is 279 g/mol. The molecule has 2 amide bonds. The van der Waals surface area contributed by atoms with Crippen LogP contribution in [0.15, 0.2) is 30.6 Å². The predicted octanol–water partition coefficient (Wildman–Crippen LogP) is 1.58. The summed E-state index contributed by atoms with van der Waals surface area (Å²) in [6.07, 6.45) is 3.34. The van der Waals surface area contributed by atoms with Gasteiger partial charge in [-0.3, -0.25) is 4.68 Å². The van der Waals surface area contributed by atoms with Crippen LogP contribution in [0.3, 0.4) is 0 Å². The van der Waals surface area contributed by atoms with Crippen molar-refractivity contribution in [1.82, 2.24) is 15.1 Å². The Bertz CT molecular complexity index is 684. The molecule has 1 heterocycles. The van der Waals surface area contributed by atoms with Crippen LogP contribution in [-0.4, -0.2) is 26.9 Å². The molecule has 1 aromatic heterocycles. The zero-order valence-electron chi connectivity index (χ0n) is 11.1. The van der Waals surface area contributed by atoms with E-state index in [1.807, 2.05) is 0 Å². The molecule has 0 radical (unpaired) electrons. The fraction of sp³-hybridized carbons (Fsp3) is 0.154. The van der Waals surface area contributed by atoms with Crippen LogP contribution >= 0.6 is 0 Å². The molecule has 2 rings (SSSR count). The normalized spacial score (nSPS) is 10.2. The molecule has 0 spiro atoms. The predicted molar refractivity (Wildman–Crippen MR) is 72.4 cm³/mol. The number of halogens is 1. The van der Waals surface area contributed by atoms with E-state index in [-0.39, 0.29) is 17.8 Å². The lowest BCUT2D eigenvalue weighted by molar-refractivity contribution is 0.0696. The highest BCUT2D eigenvalue weighted by Crippen LogP contribution is 2.15. The van der Waals surface area contributed by atoms with E-state index in [9.17, 15) is 14.0 Å². The number of nitrogens with zero attached hydrogens (tertiary/aromatic N) is 2. The molecule has 0 saturated carbocycles. The van der Waals surface area contributed by atoms with Gasteiger partial charge in [-0.25, -0.2) is 14.0 Å². The molecule has 0 aliphatic rings. The number of hydrogen-bond acceptors (Lipinski definition) is 3. The van der Waals surface area contributed by atoms with Gasteiger partial charge in [0, 0.05) is 25.4 Å². The Labute approximate surface area is 119 Å². The number of carbonyl (C=O) groups is 2. The van der Waals surface area contributed by atoms with Gasteiger partial charge >= 0.3 is 12.0 Å². The summed E-state index contributed by atoms with van der Waals surface area (Å²) in [7, 11) is 1.75. The highest BCUT2D eigenvalue weighted by Gasteiger charge is 2.10. The van der Waals surface area contributed by atoms with Gasteiger partial charge in [-0.2, -0.15) is 5.10 Å². The van der Waals surface area contributed by atoms with Gasteiger partial charge in [0.2, 0.25) is 0 Å². The molecule has 7 nitrogen and oxygen atoms in total. The Morgan fingerprint density at radius 2 is 2.19 bits per heavy atom. The van der Waals surface area contributed by atoms with E-state index < -0.39 is 17.8 Å². The number of urea groups is 1. The summed E-state index contributed by atoms with van der Waals surface area (Å²) < 4.78 is 15.2. The summed E-state index contributed by atoms with van der Waals surface area (Å²) in [5.74, 6) is -2.05. The number of amides is 2. The minimum Gasteiger partial charge on any atom is -0.478 e. The number of hydrogen-bond donors (Lipinski definition) is 3. The second-order valence-corrected chi connectivity index (χ2v) is 4.33. The zero-order valence-corrected chi connectivity index (χ0v) is 11.1. The average molecular weight is 292 g/mol. The van der Waals surface area contributed by atoms with Crippen LogP contribution in [-0.2, 0) is 13.6 Å². The van der Waals surface area contributed by atoms with Crippen molar-refractivity contribution in [3.8, 4) is 0 Å². The van der Waals surface area contributed by atoms with Crippen molar-refractivity contribution in [1.29, 1.82) is 0 Å². The van der Waals surface area contributed by atoms with E-state index >= 15 is 0 Å². The van der Waals surface area contributed by atoms with E-state index in [4.69, 9.17) is 5.11 Å². The molecule has 3 N–H and O–H groups in total. The zero-order chi connectivity index (χ0) is 15.4. The number of carbonyl (C=O) groups excluding carboxylic acids is 1. The fourth-order valence-electron chi connectivity index (χ4n) is 1.66. The molecule has 1 aromatic carbocycles. The van der Waals surface area contributed by atoms with Gasteiger partial charge < -0.3 is 15.7 Å². The molecular formula is C13H13FN4O3. The molecule has 110 valence electrons. The molecule has 0 aliphatic carbocycles. The minimum absolute atomic E-state index is 0.0938. The van der Waals surface area contributed by atoms with Crippen molar-refractivity contribution >= 4 is 17.7 Å². The van der Waals surface area contributed by atoms with Crippen LogP contribution < -0.4 is 10.6 Å². The number of aromatic nitrogens is 2. The molecule has 8 heteroatoms. The Hall–Kier alpha value is -2.90. The second kappa shape index (κ2) is 6.04. The third-order valence-electron chi connectivity index (χ3n) is 2.68. The van der Waals surface area contributed by atoms with Gasteiger partial charge in [0.25, 0.3) is 0 Å². The third kappa shape index (κ3) is 3.78. The first-order valence-corrected chi connectivity index (χ1v) is 6.01. The van der Waals surface area contributed by atoms with Crippen molar-refractivity contribution < 1.29 is 19.1 Å². The monoisotopic (exact) mass is 292 g/mol. The van der Waals surface area contributed by atoms with Gasteiger partial charge in [0.05, 0.1) is 17.4 Å². The Morgan fingerprint density at radius 3 is 2.76 bits per heavy atom. The van der Waals surface area contributed by atoms with Crippen LogP contribution in [0.2, 0.25) is 0 Å². The fourth-order valence-corrected chi connectivity index (χ4v) is 1.66. The van der Waals surface area contributed by atoms with Crippen molar-refractivity contribution in [2.24, 2.45) is 7.05 Å². The van der Waals surface area contributed by atoms with E-state index in [0.717, 1.165) is 11.6 Å². The quantitative estimate of drug-likeness (QED) is 0.797. The van der Waals surface area contributed by atoms with E-state index in [0.29, 0.717) is 0 Å². The van der Waals surface area contributed by atoms with Crippen LogP contribution in [0.4, 0.5) is 14.9 Å². The molecule has 21 heavy (non-hydrogen) atoms. The summed E-state index contributed by atoms with van der Waals surface area (Å²) in [6, 6.07) is 2.66. The van der Waals surface area contributed by atoms with Crippen molar-refractivity contribution in [3.63, 3.8) is 0 Å². The standard InChI is InChI=1S/C13H13FN4O3/c1-18-7-8(6-16-18)5-15-13(21)17-11-3-2-9(12(19)20)4-10(11)14/h2-4,6-7H,5H2,1H3,(H,19,20)(H2,15,17,21). The summed E-state index contributed by atoms with van der Waals surface area (Å²) in [6.45, 7) is 0.245. The second-order valence-electron chi connectivity index (χ2n) is 4.33. The number of carboxylic acids is 1. The third-order valence-corrected chi connectivity index (χ3v) is 2.68. The topological polar surface area (TPSA) is 96.2 Å². The highest BCUT2D eigenvalue weighted by molar-refractivity contribution is 5.91. The Morgan fingerprint density at radius 1 is 1.43 bits per heavy atom. The smallest absolute Gasteiger partial charge is 0.335 e. The number of anilines is 1. The molecule has 0 aliphatic heterocycles. The van der Waals surface area contributed by atoms with Gasteiger partial charge in [-0.05, 0) is 18.2 Å². The summed E-state index contributed by atoms with van der Waals surface area (Å²) in [5, 5.41) is 17.5. The molecule has 0 saturated heterocycles. The van der Waals surface area contributed by atoms with Gasteiger partial charge in [-0.15, -0.1) is 0 Å². The summed E-state index contributed by atoms with van der Waals surface area (Å²) in [4.78, 5) is 22.3. The minimum atomic E-state index is -1.23. The van der Waals surface area contributed by atoms with Crippen molar-refractivity contribution in [2.45, 2.75) is 6.54 Å². The number of aromatic carboxylic acids is 1. The van der Waals surface area contributed by atoms with Gasteiger partial charge in [-0.1, -0.05) is 0 Å². The molecule has 0 atom stereocenters.